The molecule has 1 N–H and O–H groups in total. The van der Waals surface area contributed by atoms with E-state index in [9.17, 15) is 4.79 Å². The van der Waals surface area contributed by atoms with Gasteiger partial charge in [-0.15, -0.1) is 0 Å². The Hall–Kier alpha value is -1.55. The highest BCUT2D eigenvalue weighted by Crippen LogP contribution is 2.25. The largest absolute Gasteiger partial charge is 0.484 e. The van der Waals surface area contributed by atoms with Crippen LogP contribution in [0.2, 0.25) is 0 Å². The zero-order valence-electron chi connectivity index (χ0n) is 11.7. The van der Waals surface area contributed by atoms with Gasteiger partial charge in [0.25, 0.3) is 5.91 Å². The minimum Gasteiger partial charge on any atom is -0.484 e. The normalized spacial score (nSPS) is 13.4. The first-order valence-corrected chi connectivity index (χ1v) is 6.81. The quantitative estimate of drug-likeness (QED) is 0.838. The molecule has 104 valence electrons. The molecule has 1 aliphatic carbocycles. The van der Waals surface area contributed by atoms with E-state index in [1.807, 2.05) is 25.1 Å². The fourth-order valence-electron chi connectivity index (χ4n) is 2.26. The minimum absolute atomic E-state index is 0.0673. The summed E-state index contributed by atoms with van der Waals surface area (Å²) in [5.41, 5.74) is 2.79. The minimum atomic E-state index is -0.0673. The van der Waals surface area contributed by atoms with E-state index in [4.69, 9.17) is 4.74 Å². The van der Waals surface area contributed by atoms with E-state index in [1.54, 1.807) is 0 Å². The van der Waals surface area contributed by atoms with Gasteiger partial charge in [0.05, 0.1) is 0 Å². The first-order chi connectivity index (χ1) is 9.15. The van der Waals surface area contributed by atoms with Crippen LogP contribution in [-0.2, 0) is 17.6 Å². The standard InChI is InChI=1S/C15H22N2O2/c1-17(2)9-8-16-15(18)11-19-14-7-6-12-4-3-5-13(12)10-14/h6-7,10H,3-5,8-9,11H2,1-2H3,(H,16,18). The number of fused-ring (bicyclic) bond motifs is 1. The Morgan fingerprint density at radius 3 is 2.89 bits per heavy atom. The van der Waals surface area contributed by atoms with Gasteiger partial charge in [0.2, 0.25) is 0 Å². The number of nitrogens with zero attached hydrogens (tertiary/aromatic N) is 1. The topological polar surface area (TPSA) is 41.6 Å². The molecule has 1 aromatic carbocycles. The molecule has 0 heterocycles. The fraction of sp³-hybridized carbons (Fsp3) is 0.533. The molecule has 0 saturated carbocycles. The molecule has 4 heteroatoms. The first kappa shape index (κ1) is 13.9. The lowest BCUT2D eigenvalue weighted by Crippen LogP contribution is -2.34. The summed E-state index contributed by atoms with van der Waals surface area (Å²) in [6.45, 7) is 1.58. The highest BCUT2D eigenvalue weighted by Gasteiger charge is 2.11. The van der Waals surface area contributed by atoms with E-state index in [0.29, 0.717) is 6.54 Å². The smallest absolute Gasteiger partial charge is 0.257 e. The van der Waals surface area contributed by atoms with Crippen molar-refractivity contribution in [3.05, 3.63) is 29.3 Å². The van der Waals surface area contributed by atoms with Crippen LogP contribution in [0.5, 0.6) is 5.75 Å². The van der Waals surface area contributed by atoms with E-state index in [0.717, 1.165) is 18.7 Å². The van der Waals surface area contributed by atoms with Crippen LogP contribution in [-0.4, -0.2) is 44.6 Å². The molecule has 0 radical (unpaired) electrons. The maximum absolute atomic E-state index is 11.6. The molecule has 0 aromatic heterocycles. The van der Waals surface area contributed by atoms with Crippen LogP contribution in [0.1, 0.15) is 17.5 Å². The number of hydrogen-bond donors (Lipinski definition) is 1. The van der Waals surface area contributed by atoms with Crippen LogP contribution in [0.15, 0.2) is 18.2 Å². The van der Waals surface area contributed by atoms with Crippen molar-refractivity contribution in [3.8, 4) is 5.75 Å². The molecule has 0 saturated heterocycles. The van der Waals surface area contributed by atoms with Crippen LogP contribution in [0.3, 0.4) is 0 Å². The number of carbonyl (C=O) groups is 1. The zero-order valence-corrected chi connectivity index (χ0v) is 11.7. The number of rotatable bonds is 6. The summed E-state index contributed by atoms with van der Waals surface area (Å²) >= 11 is 0. The van der Waals surface area contributed by atoms with Crippen molar-refractivity contribution in [2.45, 2.75) is 19.3 Å². The average molecular weight is 262 g/mol. The monoisotopic (exact) mass is 262 g/mol. The van der Waals surface area contributed by atoms with Crippen LogP contribution in [0.25, 0.3) is 0 Å². The van der Waals surface area contributed by atoms with Crippen molar-refractivity contribution in [1.29, 1.82) is 0 Å². The van der Waals surface area contributed by atoms with Crippen molar-refractivity contribution in [2.75, 3.05) is 33.8 Å². The number of likely N-dealkylation sites (N-methyl/N-ethyl adjacent to an activating group) is 1. The summed E-state index contributed by atoms with van der Waals surface area (Å²) in [4.78, 5) is 13.6. The molecule has 2 rings (SSSR count). The molecular formula is C15H22N2O2. The van der Waals surface area contributed by atoms with Crippen LogP contribution < -0.4 is 10.1 Å². The SMILES string of the molecule is CN(C)CCNC(=O)COc1ccc2c(c1)CCC2. The number of benzene rings is 1. The van der Waals surface area contributed by atoms with Crippen LogP contribution in [0, 0.1) is 0 Å². The molecule has 19 heavy (non-hydrogen) atoms. The number of ether oxygens (including phenoxy) is 1. The van der Waals surface area contributed by atoms with Crippen molar-refractivity contribution in [2.24, 2.45) is 0 Å². The third-order valence-corrected chi connectivity index (χ3v) is 3.32. The summed E-state index contributed by atoms with van der Waals surface area (Å²) in [6.07, 6.45) is 3.52. The first-order valence-electron chi connectivity index (χ1n) is 6.81. The summed E-state index contributed by atoms with van der Waals surface area (Å²) in [5.74, 6) is 0.728. The Morgan fingerprint density at radius 1 is 1.32 bits per heavy atom. The lowest BCUT2D eigenvalue weighted by atomic mass is 10.1. The molecule has 4 nitrogen and oxygen atoms in total. The fourth-order valence-corrected chi connectivity index (χ4v) is 2.26. The molecule has 0 unspecified atom stereocenters. The van der Waals surface area contributed by atoms with Crippen molar-refractivity contribution < 1.29 is 9.53 Å². The number of nitrogens with one attached hydrogen (secondary N) is 1. The zero-order chi connectivity index (χ0) is 13.7. The Balaban J connectivity index is 1.74. The van der Waals surface area contributed by atoms with Gasteiger partial charge in [-0.05, 0) is 56.6 Å². The third kappa shape index (κ3) is 4.24. The van der Waals surface area contributed by atoms with Gasteiger partial charge in [-0.25, -0.2) is 0 Å². The van der Waals surface area contributed by atoms with Crippen LogP contribution >= 0.6 is 0 Å². The number of hydrogen-bond acceptors (Lipinski definition) is 3. The molecule has 0 aliphatic heterocycles. The highest BCUT2D eigenvalue weighted by molar-refractivity contribution is 5.77. The van der Waals surface area contributed by atoms with Gasteiger partial charge in [0.1, 0.15) is 5.75 Å². The Labute approximate surface area is 114 Å². The molecular weight excluding hydrogens is 240 g/mol. The van der Waals surface area contributed by atoms with Gasteiger partial charge in [-0.3, -0.25) is 4.79 Å². The molecule has 1 aliphatic rings. The number of amides is 1. The van der Waals surface area contributed by atoms with Gasteiger partial charge < -0.3 is 15.0 Å². The lowest BCUT2D eigenvalue weighted by Gasteiger charge is -2.11. The van der Waals surface area contributed by atoms with Crippen molar-refractivity contribution in [3.63, 3.8) is 0 Å². The maximum Gasteiger partial charge on any atom is 0.257 e. The maximum atomic E-state index is 11.6. The molecule has 0 atom stereocenters. The second-order valence-corrected chi connectivity index (χ2v) is 5.23. The molecule has 1 aromatic rings. The number of carbonyl (C=O) groups excluding carboxylic acids is 1. The summed E-state index contributed by atoms with van der Waals surface area (Å²) in [6, 6.07) is 6.13. The van der Waals surface area contributed by atoms with Gasteiger partial charge >= 0.3 is 0 Å². The van der Waals surface area contributed by atoms with Gasteiger partial charge in [0.15, 0.2) is 6.61 Å². The van der Waals surface area contributed by atoms with E-state index >= 15 is 0 Å². The van der Waals surface area contributed by atoms with Crippen molar-refractivity contribution in [1.82, 2.24) is 10.2 Å². The average Bonchev–Trinajstić information content (AvgIpc) is 2.83. The second-order valence-electron chi connectivity index (χ2n) is 5.23. The molecule has 1 amide bonds. The van der Waals surface area contributed by atoms with E-state index in [2.05, 4.69) is 17.4 Å². The number of aryl methyl sites for hydroxylation is 2. The molecule has 0 fully saturated rings. The summed E-state index contributed by atoms with van der Waals surface area (Å²) in [7, 11) is 3.96. The van der Waals surface area contributed by atoms with Gasteiger partial charge in [-0.1, -0.05) is 6.07 Å². The summed E-state index contributed by atoms with van der Waals surface area (Å²) in [5, 5.41) is 2.83. The van der Waals surface area contributed by atoms with E-state index in [-0.39, 0.29) is 12.5 Å². The second kappa shape index (κ2) is 6.57. The Bertz CT molecular complexity index is 444. The van der Waals surface area contributed by atoms with Gasteiger partial charge in [0, 0.05) is 13.1 Å². The van der Waals surface area contributed by atoms with Crippen LogP contribution in [0.4, 0.5) is 0 Å². The van der Waals surface area contributed by atoms with Gasteiger partial charge in [-0.2, -0.15) is 0 Å². The Morgan fingerprint density at radius 2 is 2.11 bits per heavy atom. The van der Waals surface area contributed by atoms with Crippen molar-refractivity contribution >= 4 is 5.91 Å². The van der Waals surface area contributed by atoms with E-state index in [1.165, 1.54) is 24.0 Å². The molecule has 0 bridgehead atoms. The van der Waals surface area contributed by atoms with E-state index < -0.39 is 0 Å². The third-order valence-electron chi connectivity index (χ3n) is 3.32. The molecule has 0 spiro atoms. The highest BCUT2D eigenvalue weighted by atomic mass is 16.5. The predicted molar refractivity (Wildman–Crippen MR) is 75.5 cm³/mol. The predicted octanol–water partition coefficient (Wildman–Crippen LogP) is 1.23. The lowest BCUT2D eigenvalue weighted by molar-refractivity contribution is -0.123. The summed E-state index contributed by atoms with van der Waals surface area (Å²) < 4.78 is 5.52. The Kier molecular flexibility index (Phi) is 4.80.